The van der Waals surface area contributed by atoms with Crippen LogP contribution in [0.2, 0.25) is 5.02 Å². The highest BCUT2D eigenvalue weighted by Gasteiger charge is 2.35. The molecule has 1 aliphatic carbocycles. The Hall–Kier alpha value is -0.640. The highest BCUT2D eigenvalue weighted by atomic mass is 35.5. The van der Waals surface area contributed by atoms with Crippen LogP contribution in [-0.4, -0.2) is 19.3 Å². The van der Waals surface area contributed by atoms with Gasteiger partial charge in [0.15, 0.2) is 0 Å². The van der Waals surface area contributed by atoms with Crippen LogP contribution >= 0.6 is 11.6 Å². The summed E-state index contributed by atoms with van der Waals surface area (Å²) in [6.07, 6.45) is 2.94. The molecule has 2 N–H and O–H groups in total. The van der Waals surface area contributed by atoms with Crippen LogP contribution < -0.4 is 5.73 Å². The van der Waals surface area contributed by atoms with Crippen molar-refractivity contribution in [1.29, 1.82) is 0 Å². The second-order valence-corrected chi connectivity index (χ2v) is 5.05. The zero-order valence-electron chi connectivity index (χ0n) is 9.83. The van der Waals surface area contributed by atoms with Gasteiger partial charge in [0.1, 0.15) is 5.82 Å². The fourth-order valence-corrected chi connectivity index (χ4v) is 2.41. The molecule has 0 spiro atoms. The number of halogens is 2. The first-order valence-electron chi connectivity index (χ1n) is 5.84. The van der Waals surface area contributed by atoms with Gasteiger partial charge in [-0.1, -0.05) is 11.6 Å². The molecule has 1 saturated carbocycles. The maximum atomic E-state index is 13.1. The Morgan fingerprint density at radius 2 is 2.24 bits per heavy atom. The lowest BCUT2D eigenvalue weighted by atomic mass is 9.99. The van der Waals surface area contributed by atoms with Crippen LogP contribution in [0.4, 0.5) is 4.39 Å². The van der Waals surface area contributed by atoms with E-state index in [-0.39, 0.29) is 18.0 Å². The highest BCUT2D eigenvalue weighted by molar-refractivity contribution is 6.31. The minimum Gasteiger partial charge on any atom is -0.380 e. The third-order valence-electron chi connectivity index (χ3n) is 3.24. The number of nitrogens with two attached hydrogens (primary N) is 1. The zero-order valence-corrected chi connectivity index (χ0v) is 10.6. The molecule has 0 radical (unpaired) electrons. The van der Waals surface area contributed by atoms with Crippen molar-refractivity contribution < 1.29 is 9.13 Å². The van der Waals surface area contributed by atoms with Crippen LogP contribution in [0, 0.1) is 11.7 Å². The average Bonchev–Trinajstić information content (AvgIpc) is 3.09. The van der Waals surface area contributed by atoms with E-state index in [1.807, 2.05) is 0 Å². The Bertz CT molecular complexity index is 395. The standard InChI is InChI=1S/C13H17ClFNO/c1-17-13(8-2-3-8)12(16)7-9-6-10(15)4-5-11(9)14/h4-6,8,12-13H,2-3,7,16H2,1H3. The van der Waals surface area contributed by atoms with Gasteiger partial charge in [-0.15, -0.1) is 0 Å². The van der Waals surface area contributed by atoms with Gasteiger partial charge in [-0.3, -0.25) is 0 Å². The van der Waals surface area contributed by atoms with E-state index in [1.165, 1.54) is 25.0 Å². The summed E-state index contributed by atoms with van der Waals surface area (Å²) in [5, 5.41) is 0.563. The van der Waals surface area contributed by atoms with E-state index in [0.717, 1.165) is 5.56 Å². The summed E-state index contributed by atoms with van der Waals surface area (Å²) in [4.78, 5) is 0. The number of benzene rings is 1. The molecule has 2 unspecified atom stereocenters. The van der Waals surface area contributed by atoms with E-state index in [4.69, 9.17) is 22.1 Å². The molecule has 2 rings (SSSR count). The van der Waals surface area contributed by atoms with E-state index >= 15 is 0 Å². The maximum Gasteiger partial charge on any atom is 0.123 e. The topological polar surface area (TPSA) is 35.2 Å². The first-order valence-corrected chi connectivity index (χ1v) is 6.22. The van der Waals surface area contributed by atoms with Crippen LogP contribution in [0.1, 0.15) is 18.4 Å². The van der Waals surface area contributed by atoms with Crippen molar-refractivity contribution in [3.63, 3.8) is 0 Å². The third kappa shape index (κ3) is 3.18. The van der Waals surface area contributed by atoms with Gasteiger partial charge in [0.2, 0.25) is 0 Å². The lowest BCUT2D eigenvalue weighted by Crippen LogP contribution is -2.39. The van der Waals surface area contributed by atoms with Gasteiger partial charge in [0, 0.05) is 18.2 Å². The van der Waals surface area contributed by atoms with Crippen molar-refractivity contribution in [2.24, 2.45) is 11.7 Å². The summed E-state index contributed by atoms with van der Waals surface area (Å²) in [7, 11) is 1.68. The fourth-order valence-electron chi connectivity index (χ4n) is 2.21. The van der Waals surface area contributed by atoms with Gasteiger partial charge < -0.3 is 10.5 Å². The van der Waals surface area contributed by atoms with Gasteiger partial charge >= 0.3 is 0 Å². The molecule has 1 aromatic carbocycles. The molecule has 0 aromatic heterocycles. The Labute approximate surface area is 106 Å². The predicted molar refractivity (Wildman–Crippen MR) is 66.6 cm³/mol. The summed E-state index contributed by atoms with van der Waals surface area (Å²) < 4.78 is 18.5. The molecule has 4 heteroatoms. The lowest BCUT2D eigenvalue weighted by Gasteiger charge is -2.22. The van der Waals surface area contributed by atoms with E-state index in [0.29, 0.717) is 17.4 Å². The zero-order chi connectivity index (χ0) is 12.4. The number of ether oxygens (including phenoxy) is 1. The lowest BCUT2D eigenvalue weighted by molar-refractivity contribution is 0.0626. The van der Waals surface area contributed by atoms with Crippen LogP contribution in [0.25, 0.3) is 0 Å². The van der Waals surface area contributed by atoms with Gasteiger partial charge in [0.05, 0.1) is 6.10 Å². The molecule has 0 bridgehead atoms. The number of rotatable bonds is 5. The summed E-state index contributed by atoms with van der Waals surface area (Å²) >= 11 is 6.02. The van der Waals surface area contributed by atoms with E-state index in [1.54, 1.807) is 13.2 Å². The first kappa shape index (κ1) is 12.8. The molecule has 0 heterocycles. The Morgan fingerprint density at radius 3 is 2.82 bits per heavy atom. The molecule has 0 saturated heterocycles. The third-order valence-corrected chi connectivity index (χ3v) is 3.61. The first-order chi connectivity index (χ1) is 8.11. The van der Waals surface area contributed by atoms with Crippen molar-refractivity contribution in [3.8, 4) is 0 Å². The Kier molecular flexibility index (Phi) is 4.02. The molecule has 17 heavy (non-hydrogen) atoms. The van der Waals surface area contributed by atoms with Crippen LogP contribution in [0.3, 0.4) is 0 Å². The predicted octanol–water partition coefficient (Wildman–Crippen LogP) is 2.77. The minimum absolute atomic E-state index is 0.0503. The average molecular weight is 258 g/mol. The van der Waals surface area contributed by atoms with Crippen molar-refractivity contribution >= 4 is 11.6 Å². The van der Waals surface area contributed by atoms with E-state index in [2.05, 4.69) is 0 Å². The Morgan fingerprint density at radius 1 is 1.53 bits per heavy atom. The van der Waals surface area contributed by atoms with Crippen molar-refractivity contribution in [3.05, 3.63) is 34.6 Å². The van der Waals surface area contributed by atoms with Gasteiger partial charge in [-0.2, -0.15) is 0 Å². The van der Waals surface area contributed by atoms with E-state index in [9.17, 15) is 4.39 Å². The number of hydrogen-bond donors (Lipinski definition) is 1. The van der Waals surface area contributed by atoms with Gasteiger partial charge in [-0.25, -0.2) is 4.39 Å². The van der Waals surface area contributed by atoms with Gasteiger partial charge in [-0.05, 0) is 48.9 Å². The van der Waals surface area contributed by atoms with Crippen LogP contribution in [-0.2, 0) is 11.2 Å². The number of hydrogen-bond acceptors (Lipinski definition) is 2. The second kappa shape index (κ2) is 5.34. The summed E-state index contributed by atoms with van der Waals surface area (Å²) in [6.45, 7) is 0. The van der Waals surface area contributed by atoms with E-state index < -0.39 is 0 Å². The largest absolute Gasteiger partial charge is 0.380 e. The fraction of sp³-hybridized carbons (Fsp3) is 0.538. The van der Waals surface area contributed by atoms with Crippen LogP contribution in [0.5, 0.6) is 0 Å². The summed E-state index contributed by atoms with van der Waals surface area (Å²) in [6, 6.07) is 4.23. The SMILES string of the molecule is COC(C(N)Cc1cc(F)ccc1Cl)C1CC1. The molecule has 94 valence electrons. The molecular weight excluding hydrogens is 241 g/mol. The Balaban J connectivity index is 2.05. The van der Waals surface area contributed by atoms with Gasteiger partial charge in [0.25, 0.3) is 0 Å². The smallest absolute Gasteiger partial charge is 0.123 e. The molecule has 1 fully saturated rings. The second-order valence-electron chi connectivity index (χ2n) is 4.64. The molecule has 0 aliphatic heterocycles. The van der Waals surface area contributed by atoms with Crippen LogP contribution in [0.15, 0.2) is 18.2 Å². The molecule has 1 aliphatic rings. The van der Waals surface area contributed by atoms with Crippen molar-refractivity contribution in [2.45, 2.75) is 31.4 Å². The molecule has 2 atom stereocenters. The summed E-state index contributed by atoms with van der Waals surface area (Å²) in [5.74, 6) is 0.277. The molecule has 0 amide bonds. The maximum absolute atomic E-state index is 13.1. The monoisotopic (exact) mass is 257 g/mol. The molecule has 1 aromatic rings. The van der Waals surface area contributed by atoms with Crippen molar-refractivity contribution in [2.75, 3.05) is 7.11 Å². The number of methoxy groups -OCH3 is 1. The highest BCUT2D eigenvalue weighted by Crippen LogP contribution is 2.36. The minimum atomic E-state index is -0.281. The van der Waals surface area contributed by atoms with Crippen molar-refractivity contribution in [1.82, 2.24) is 0 Å². The normalized spacial score (nSPS) is 19.1. The quantitative estimate of drug-likeness (QED) is 0.880. The summed E-state index contributed by atoms with van der Waals surface area (Å²) in [5.41, 5.74) is 6.87. The molecule has 2 nitrogen and oxygen atoms in total. The molecular formula is C13H17ClFNO.